The Morgan fingerprint density at radius 3 is 2.76 bits per heavy atom. The lowest BCUT2D eigenvalue weighted by atomic mass is 10.2. The Hall–Kier alpha value is -1.19. The second-order valence-corrected chi connectivity index (χ2v) is 5.28. The van der Waals surface area contributed by atoms with Gasteiger partial charge in [-0.25, -0.2) is 0 Å². The lowest BCUT2D eigenvalue weighted by molar-refractivity contribution is 0.285. The molecule has 0 fully saturated rings. The van der Waals surface area contributed by atoms with Crippen molar-refractivity contribution in [2.45, 2.75) is 39.2 Å². The second-order valence-electron chi connectivity index (χ2n) is 4.88. The number of methoxy groups -OCH3 is 1. The van der Waals surface area contributed by atoms with Gasteiger partial charge in [-0.2, -0.15) is 0 Å². The van der Waals surface area contributed by atoms with Gasteiger partial charge in [0.25, 0.3) is 0 Å². The molecule has 0 spiro atoms. The molecule has 0 aliphatic heterocycles. The first-order chi connectivity index (χ1) is 10.2. The number of hydrogen-bond acceptors (Lipinski definition) is 3. The van der Waals surface area contributed by atoms with Crippen LogP contribution in [0.5, 0.6) is 11.5 Å². The van der Waals surface area contributed by atoms with Crippen molar-refractivity contribution in [3.63, 3.8) is 0 Å². The average molecular weight is 312 g/mol. The molecule has 0 aliphatic carbocycles. The first kappa shape index (κ1) is 17.9. The molecule has 0 saturated heterocycles. The van der Waals surface area contributed by atoms with Crippen molar-refractivity contribution in [1.82, 2.24) is 5.32 Å². The van der Waals surface area contributed by atoms with Gasteiger partial charge in [-0.15, -0.1) is 6.58 Å². The van der Waals surface area contributed by atoms with E-state index in [-0.39, 0.29) is 0 Å². The van der Waals surface area contributed by atoms with Crippen LogP contribution in [0.25, 0.3) is 0 Å². The van der Waals surface area contributed by atoms with Crippen LogP contribution in [-0.4, -0.2) is 20.3 Å². The molecule has 0 unspecified atom stereocenters. The van der Waals surface area contributed by atoms with Crippen LogP contribution in [0.15, 0.2) is 24.8 Å². The molecule has 1 aromatic rings. The number of allylic oxidation sites excluding steroid dienone is 1. The van der Waals surface area contributed by atoms with Crippen LogP contribution in [0.2, 0.25) is 5.02 Å². The van der Waals surface area contributed by atoms with Crippen LogP contribution in [0.1, 0.15) is 38.2 Å². The molecule has 118 valence electrons. The van der Waals surface area contributed by atoms with Gasteiger partial charge in [0.2, 0.25) is 0 Å². The minimum Gasteiger partial charge on any atom is -0.493 e. The van der Waals surface area contributed by atoms with Crippen LogP contribution in [0.4, 0.5) is 0 Å². The summed E-state index contributed by atoms with van der Waals surface area (Å²) in [6, 6.07) is 3.90. The van der Waals surface area contributed by atoms with Gasteiger partial charge in [0.1, 0.15) is 0 Å². The molecule has 0 aromatic heterocycles. The van der Waals surface area contributed by atoms with Gasteiger partial charge in [0.05, 0.1) is 18.7 Å². The number of hydrogen-bond donors (Lipinski definition) is 1. The van der Waals surface area contributed by atoms with E-state index in [1.807, 2.05) is 18.2 Å². The van der Waals surface area contributed by atoms with Crippen LogP contribution in [-0.2, 0) is 6.54 Å². The quantitative estimate of drug-likeness (QED) is 0.479. The topological polar surface area (TPSA) is 30.5 Å². The van der Waals surface area contributed by atoms with Gasteiger partial charge in [-0.1, -0.05) is 24.6 Å². The molecule has 3 nitrogen and oxygen atoms in total. The van der Waals surface area contributed by atoms with Crippen molar-refractivity contribution in [1.29, 1.82) is 0 Å². The van der Waals surface area contributed by atoms with E-state index in [9.17, 15) is 0 Å². The summed E-state index contributed by atoms with van der Waals surface area (Å²) in [5.74, 6) is 1.34. The van der Waals surface area contributed by atoms with Crippen LogP contribution in [0, 0.1) is 0 Å². The molecule has 0 saturated carbocycles. The Morgan fingerprint density at radius 1 is 1.29 bits per heavy atom. The van der Waals surface area contributed by atoms with Crippen LogP contribution in [0.3, 0.4) is 0 Å². The van der Waals surface area contributed by atoms with E-state index >= 15 is 0 Å². The van der Waals surface area contributed by atoms with E-state index < -0.39 is 0 Å². The molecule has 0 radical (unpaired) electrons. The van der Waals surface area contributed by atoms with Crippen molar-refractivity contribution in [3.05, 3.63) is 35.4 Å². The minimum absolute atomic E-state index is 0.605. The predicted octanol–water partition coefficient (Wildman–Crippen LogP) is 4.58. The highest BCUT2D eigenvalue weighted by molar-refractivity contribution is 6.32. The normalized spacial score (nSPS) is 10.4. The third-order valence-corrected chi connectivity index (χ3v) is 3.45. The van der Waals surface area contributed by atoms with Crippen molar-refractivity contribution in [2.24, 2.45) is 0 Å². The molecular formula is C17H26ClNO2. The molecule has 0 amide bonds. The third kappa shape index (κ3) is 6.40. The maximum Gasteiger partial charge on any atom is 0.179 e. The SMILES string of the molecule is C=CCCCCCOc1c(Cl)cc(CNCC)cc1OC. The fourth-order valence-electron chi connectivity index (χ4n) is 2.03. The summed E-state index contributed by atoms with van der Waals surface area (Å²) in [4.78, 5) is 0. The summed E-state index contributed by atoms with van der Waals surface area (Å²) in [6.45, 7) is 8.14. The zero-order valence-corrected chi connectivity index (χ0v) is 13.8. The van der Waals surface area contributed by atoms with Gasteiger partial charge in [-0.3, -0.25) is 0 Å². The summed E-state index contributed by atoms with van der Waals surface area (Å²) < 4.78 is 11.2. The van der Waals surface area contributed by atoms with E-state index in [1.54, 1.807) is 7.11 Å². The number of halogens is 1. The molecule has 0 atom stereocenters. The molecule has 1 N–H and O–H groups in total. The number of benzene rings is 1. The molecule has 0 aliphatic rings. The van der Waals surface area contributed by atoms with Crippen molar-refractivity contribution >= 4 is 11.6 Å². The van der Waals surface area contributed by atoms with E-state index in [0.717, 1.165) is 44.3 Å². The van der Waals surface area contributed by atoms with Gasteiger partial charge in [-0.05, 0) is 49.9 Å². The number of nitrogens with one attached hydrogen (secondary N) is 1. The first-order valence-corrected chi connectivity index (χ1v) is 7.91. The van der Waals surface area contributed by atoms with Gasteiger partial charge in [0.15, 0.2) is 11.5 Å². The maximum atomic E-state index is 6.31. The molecule has 0 bridgehead atoms. The minimum atomic E-state index is 0.605. The summed E-state index contributed by atoms with van der Waals surface area (Å²) in [5.41, 5.74) is 1.09. The third-order valence-electron chi connectivity index (χ3n) is 3.17. The van der Waals surface area contributed by atoms with Gasteiger partial charge < -0.3 is 14.8 Å². The zero-order valence-electron chi connectivity index (χ0n) is 13.1. The van der Waals surface area contributed by atoms with E-state index in [4.69, 9.17) is 21.1 Å². The summed E-state index contributed by atoms with van der Waals surface area (Å²) in [6.07, 6.45) is 6.29. The van der Waals surface area contributed by atoms with Crippen molar-refractivity contribution < 1.29 is 9.47 Å². The molecule has 4 heteroatoms. The Balaban J connectivity index is 2.57. The van der Waals surface area contributed by atoms with Crippen molar-refractivity contribution in [3.8, 4) is 11.5 Å². The van der Waals surface area contributed by atoms with E-state index in [0.29, 0.717) is 23.1 Å². The number of rotatable bonds is 11. The molecular weight excluding hydrogens is 286 g/mol. The van der Waals surface area contributed by atoms with Gasteiger partial charge in [0, 0.05) is 6.54 Å². The lowest BCUT2D eigenvalue weighted by Gasteiger charge is -2.14. The monoisotopic (exact) mass is 311 g/mol. The van der Waals surface area contributed by atoms with E-state index in [2.05, 4.69) is 18.8 Å². The zero-order chi connectivity index (χ0) is 15.5. The Bertz CT molecular complexity index is 435. The Kier molecular flexibility index (Phi) is 8.95. The Morgan fingerprint density at radius 2 is 2.10 bits per heavy atom. The maximum absolute atomic E-state index is 6.31. The van der Waals surface area contributed by atoms with Gasteiger partial charge >= 0.3 is 0 Å². The largest absolute Gasteiger partial charge is 0.493 e. The highest BCUT2D eigenvalue weighted by Gasteiger charge is 2.11. The summed E-state index contributed by atoms with van der Waals surface area (Å²) in [7, 11) is 1.64. The Labute approximate surface area is 133 Å². The van der Waals surface area contributed by atoms with Crippen LogP contribution < -0.4 is 14.8 Å². The first-order valence-electron chi connectivity index (χ1n) is 7.53. The number of unbranched alkanes of at least 4 members (excludes halogenated alkanes) is 3. The average Bonchev–Trinajstić information content (AvgIpc) is 2.49. The van der Waals surface area contributed by atoms with Crippen molar-refractivity contribution in [2.75, 3.05) is 20.3 Å². The smallest absolute Gasteiger partial charge is 0.179 e. The summed E-state index contributed by atoms with van der Waals surface area (Å²) >= 11 is 6.31. The summed E-state index contributed by atoms with van der Waals surface area (Å²) in [5, 5.41) is 3.88. The molecule has 1 aromatic carbocycles. The standard InChI is InChI=1S/C17H26ClNO2/c1-4-6-7-8-9-10-21-17-15(18)11-14(13-19-5-2)12-16(17)20-3/h4,11-12,19H,1,5-10,13H2,2-3H3. The number of ether oxygens (including phenoxy) is 2. The highest BCUT2D eigenvalue weighted by Crippen LogP contribution is 2.36. The lowest BCUT2D eigenvalue weighted by Crippen LogP contribution is -2.12. The molecule has 0 heterocycles. The fourth-order valence-corrected chi connectivity index (χ4v) is 2.31. The highest BCUT2D eigenvalue weighted by atomic mass is 35.5. The van der Waals surface area contributed by atoms with E-state index in [1.165, 1.54) is 0 Å². The molecule has 21 heavy (non-hydrogen) atoms. The second kappa shape index (κ2) is 10.5. The van der Waals surface area contributed by atoms with Crippen LogP contribution >= 0.6 is 11.6 Å². The molecule has 1 rings (SSSR count). The predicted molar refractivity (Wildman–Crippen MR) is 89.5 cm³/mol. The fraction of sp³-hybridized carbons (Fsp3) is 0.529.